The van der Waals surface area contributed by atoms with Crippen LogP contribution in [0.2, 0.25) is 0 Å². The topological polar surface area (TPSA) is 21.3 Å². The van der Waals surface area contributed by atoms with Crippen LogP contribution >= 0.6 is 0 Å². The summed E-state index contributed by atoms with van der Waals surface area (Å²) in [6, 6.07) is 0.719. The highest BCUT2D eigenvalue weighted by atomic mass is 16.5. The standard InChI is InChI=1S/C12H23NO/c1-3-5-13-11-4-6-14-12(9-11)7-10(2)8-12/h10-11,13H,3-9H2,1-2H3. The lowest BCUT2D eigenvalue weighted by Crippen LogP contribution is -2.53. The molecule has 1 heterocycles. The highest BCUT2D eigenvalue weighted by Gasteiger charge is 2.46. The molecule has 0 aromatic carbocycles. The van der Waals surface area contributed by atoms with Crippen LogP contribution < -0.4 is 5.32 Å². The monoisotopic (exact) mass is 197 g/mol. The van der Waals surface area contributed by atoms with E-state index in [-0.39, 0.29) is 5.60 Å². The van der Waals surface area contributed by atoms with E-state index in [0.717, 1.165) is 25.1 Å². The summed E-state index contributed by atoms with van der Waals surface area (Å²) in [5.41, 5.74) is 0.281. The van der Waals surface area contributed by atoms with Gasteiger partial charge >= 0.3 is 0 Å². The average Bonchev–Trinajstić information content (AvgIpc) is 2.13. The van der Waals surface area contributed by atoms with E-state index in [1.54, 1.807) is 0 Å². The summed E-state index contributed by atoms with van der Waals surface area (Å²) >= 11 is 0. The molecule has 0 radical (unpaired) electrons. The molecule has 0 bridgehead atoms. The third-order valence-corrected chi connectivity index (χ3v) is 3.62. The first kappa shape index (κ1) is 10.4. The van der Waals surface area contributed by atoms with Crippen molar-refractivity contribution in [2.24, 2.45) is 5.92 Å². The highest BCUT2D eigenvalue weighted by molar-refractivity contribution is 4.99. The van der Waals surface area contributed by atoms with Crippen molar-refractivity contribution < 1.29 is 4.74 Å². The quantitative estimate of drug-likeness (QED) is 0.750. The largest absolute Gasteiger partial charge is 0.375 e. The van der Waals surface area contributed by atoms with E-state index in [9.17, 15) is 0 Å². The van der Waals surface area contributed by atoms with E-state index in [0.29, 0.717) is 0 Å². The summed E-state index contributed by atoms with van der Waals surface area (Å²) in [5, 5.41) is 3.63. The second kappa shape index (κ2) is 4.19. The molecule has 1 saturated heterocycles. The van der Waals surface area contributed by atoms with Gasteiger partial charge in [-0.2, -0.15) is 0 Å². The van der Waals surface area contributed by atoms with Gasteiger partial charge in [0, 0.05) is 12.6 Å². The third-order valence-electron chi connectivity index (χ3n) is 3.62. The molecule has 1 aliphatic heterocycles. The lowest BCUT2D eigenvalue weighted by atomic mass is 9.67. The minimum absolute atomic E-state index is 0.281. The summed E-state index contributed by atoms with van der Waals surface area (Å²) in [4.78, 5) is 0. The van der Waals surface area contributed by atoms with Crippen LogP contribution in [0.25, 0.3) is 0 Å². The van der Waals surface area contributed by atoms with E-state index in [4.69, 9.17) is 4.74 Å². The van der Waals surface area contributed by atoms with Crippen molar-refractivity contribution in [1.29, 1.82) is 0 Å². The van der Waals surface area contributed by atoms with Gasteiger partial charge in [0.1, 0.15) is 0 Å². The van der Waals surface area contributed by atoms with Crippen molar-refractivity contribution >= 4 is 0 Å². The number of hydrogen-bond acceptors (Lipinski definition) is 2. The van der Waals surface area contributed by atoms with Gasteiger partial charge in [0.05, 0.1) is 5.60 Å². The Morgan fingerprint density at radius 3 is 2.79 bits per heavy atom. The Morgan fingerprint density at radius 1 is 1.36 bits per heavy atom. The molecule has 82 valence electrons. The van der Waals surface area contributed by atoms with Gasteiger partial charge in [-0.05, 0) is 44.6 Å². The van der Waals surface area contributed by atoms with Crippen LogP contribution in [0.3, 0.4) is 0 Å². The molecule has 1 N–H and O–H groups in total. The van der Waals surface area contributed by atoms with Gasteiger partial charge in [-0.15, -0.1) is 0 Å². The summed E-state index contributed by atoms with van der Waals surface area (Å²) in [5.74, 6) is 0.889. The van der Waals surface area contributed by atoms with Gasteiger partial charge in [0.15, 0.2) is 0 Å². The molecule has 1 unspecified atom stereocenters. The van der Waals surface area contributed by atoms with E-state index >= 15 is 0 Å². The molecule has 1 saturated carbocycles. The maximum absolute atomic E-state index is 5.94. The van der Waals surface area contributed by atoms with Crippen LogP contribution in [0.5, 0.6) is 0 Å². The van der Waals surface area contributed by atoms with Gasteiger partial charge in [-0.3, -0.25) is 0 Å². The second-order valence-corrected chi connectivity index (χ2v) is 5.19. The summed E-state index contributed by atoms with van der Waals surface area (Å²) in [7, 11) is 0. The number of hydrogen-bond donors (Lipinski definition) is 1. The molecular weight excluding hydrogens is 174 g/mol. The minimum Gasteiger partial charge on any atom is -0.375 e. The van der Waals surface area contributed by atoms with Gasteiger partial charge < -0.3 is 10.1 Å². The fraction of sp³-hybridized carbons (Fsp3) is 1.00. The molecule has 0 amide bonds. The molecule has 1 atom stereocenters. The first-order valence-electron chi connectivity index (χ1n) is 6.11. The van der Waals surface area contributed by atoms with Crippen LogP contribution in [0, 0.1) is 5.92 Å². The predicted molar refractivity (Wildman–Crippen MR) is 58.4 cm³/mol. The van der Waals surface area contributed by atoms with Crippen molar-refractivity contribution in [3.63, 3.8) is 0 Å². The van der Waals surface area contributed by atoms with Crippen molar-refractivity contribution in [1.82, 2.24) is 5.32 Å². The van der Waals surface area contributed by atoms with E-state index in [1.807, 2.05) is 0 Å². The van der Waals surface area contributed by atoms with E-state index in [2.05, 4.69) is 19.2 Å². The lowest BCUT2D eigenvalue weighted by molar-refractivity contribution is -0.156. The number of ether oxygens (including phenoxy) is 1. The van der Waals surface area contributed by atoms with Gasteiger partial charge in [0.25, 0.3) is 0 Å². The normalized spacial score (nSPS) is 42.4. The Kier molecular flexibility index (Phi) is 3.13. The smallest absolute Gasteiger partial charge is 0.0702 e. The first-order chi connectivity index (χ1) is 6.74. The predicted octanol–water partition coefficient (Wildman–Crippen LogP) is 2.33. The molecule has 0 aromatic heterocycles. The van der Waals surface area contributed by atoms with Crippen LogP contribution in [-0.4, -0.2) is 24.8 Å². The summed E-state index contributed by atoms with van der Waals surface area (Å²) in [6.07, 6.45) is 6.27. The Hall–Kier alpha value is -0.0800. The van der Waals surface area contributed by atoms with Gasteiger partial charge in [-0.1, -0.05) is 13.8 Å². The first-order valence-corrected chi connectivity index (χ1v) is 6.11. The molecule has 2 fully saturated rings. The maximum atomic E-state index is 5.94. The molecule has 2 rings (SSSR count). The van der Waals surface area contributed by atoms with Gasteiger partial charge in [-0.25, -0.2) is 0 Å². The molecule has 2 aliphatic rings. The van der Waals surface area contributed by atoms with Gasteiger partial charge in [0.2, 0.25) is 0 Å². The van der Waals surface area contributed by atoms with Crippen molar-refractivity contribution in [2.45, 2.75) is 57.6 Å². The number of rotatable bonds is 3. The van der Waals surface area contributed by atoms with Crippen molar-refractivity contribution in [3.8, 4) is 0 Å². The molecule has 14 heavy (non-hydrogen) atoms. The molecule has 2 nitrogen and oxygen atoms in total. The maximum Gasteiger partial charge on any atom is 0.0702 e. The number of nitrogens with one attached hydrogen (secondary N) is 1. The minimum atomic E-state index is 0.281. The SMILES string of the molecule is CCCNC1CCOC2(CC(C)C2)C1. The molecule has 1 aliphatic carbocycles. The Morgan fingerprint density at radius 2 is 2.14 bits per heavy atom. The Labute approximate surface area is 87.4 Å². The Bertz CT molecular complexity index is 181. The Balaban J connectivity index is 1.79. The van der Waals surface area contributed by atoms with Crippen LogP contribution in [0.15, 0.2) is 0 Å². The summed E-state index contributed by atoms with van der Waals surface area (Å²) in [6.45, 7) is 6.69. The fourth-order valence-electron chi connectivity index (χ4n) is 3.05. The highest BCUT2D eigenvalue weighted by Crippen LogP contribution is 2.46. The van der Waals surface area contributed by atoms with Crippen LogP contribution in [-0.2, 0) is 4.74 Å². The van der Waals surface area contributed by atoms with Crippen LogP contribution in [0.4, 0.5) is 0 Å². The molecule has 2 heteroatoms. The fourth-order valence-corrected chi connectivity index (χ4v) is 3.05. The zero-order chi connectivity index (χ0) is 10.0. The third kappa shape index (κ3) is 2.12. The van der Waals surface area contributed by atoms with Crippen LogP contribution in [0.1, 0.15) is 46.0 Å². The zero-order valence-corrected chi connectivity index (χ0v) is 9.51. The van der Waals surface area contributed by atoms with Crippen molar-refractivity contribution in [3.05, 3.63) is 0 Å². The molecular formula is C12H23NO. The second-order valence-electron chi connectivity index (χ2n) is 5.19. The zero-order valence-electron chi connectivity index (χ0n) is 9.51. The molecule has 1 spiro atoms. The average molecular weight is 197 g/mol. The van der Waals surface area contributed by atoms with E-state index < -0.39 is 0 Å². The lowest BCUT2D eigenvalue weighted by Gasteiger charge is -2.50. The molecule has 0 aromatic rings. The van der Waals surface area contributed by atoms with Crippen molar-refractivity contribution in [2.75, 3.05) is 13.2 Å². The summed E-state index contributed by atoms with van der Waals surface area (Å²) < 4.78 is 5.94. The van der Waals surface area contributed by atoms with E-state index in [1.165, 1.54) is 32.1 Å².